The normalized spacial score (nSPS) is 10.9. The van der Waals surface area contributed by atoms with Gasteiger partial charge in [0.2, 0.25) is 0 Å². The van der Waals surface area contributed by atoms with E-state index in [-0.39, 0.29) is 0 Å². The van der Waals surface area contributed by atoms with Gasteiger partial charge in [0.25, 0.3) is 0 Å². The molecule has 6 heteroatoms. The highest BCUT2D eigenvalue weighted by atomic mass is 32.1. The van der Waals surface area contributed by atoms with Crippen LogP contribution in [0.15, 0.2) is 42.2 Å². The van der Waals surface area contributed by atoms with Gasteiger partial charge in [0.15, 0.2) is 0 Å². The Labute approximate surface area is 115 Å². The summed E-state index contributed by atoms with van der Waals surface area (Å²) < 4.78 is 1.92. The largest absolute Gasteiger partial charge is 0.311 e. The van der Waals surface area contributed by atoms with Crippen molar-refractivity contribution in [3.8, 4) is 10.6 Å². The van der Waals surface area contributed by atoms with Crippen molar-refractivity contribution < 1.29 is 0 Å². The molecule has 0 saturated carbocycles. The third kappa shape index (κ3) is 2.91. The van der Waals surface area contributed by atoms with E-state index in [1.54, 1.807) is 17.5 Å². The van der Waals surface area contributed by atoms with Crippen molar-refractivity contribution in [3.63, 3.8) is 0 Å². The number of hydrogen-bond acceptors (Lipinski definition) is 4. The lowest BCUT2D eigenvalue weighted by atomic mass is 10.2. The summed E-state index contributed by atoms with van der Waals surface area (Å²) in [5, 5.41) is 16.9. The molecule has 3 aromatic heterocycles. The van der Waals surface area contributed by atoms with Crippen LogP contribution in [0.3, 0.4) is 0 Å². The van der Waals surface area contributed by atoms with E-state index < -0.39 is 0 Å². The van der Waals surface area contributed by atoms with Gasteiger partial charge < -0.3 is 5.32 Å². The van der Waals surface area contributed by atoms with Gasteiger partial charge in [-0.15, -0.1) is 11.3 Å². The summed E-state index contributed by atoms with van der Waals surface area (Å²) >= 11 is 1.72. The Hall–Kier alpha value is -1.92. The topological polar surface area (TPSA) is 58.5 Å². The van der Waals surface area contributed by atoms with Crippen LogP contribution >= 0.6 is 11.3 Å². The van der Waals surface area contributed by atoms with Crippen LogP contribution in [0.1, 0.15) is 5.56 Å². The van der Waals surface area contributed by atoms with Crippen LogP contribution < -0.4 is 5.32 Å². The van der Waals surface area contributed by atoms with Gasteiger partial charge in [-0.2, -0.15) is 10.2 Å². The molecule has 0 radical (unpaired) electrons. The van der Waals surface area contributed by atoms with Gasteiger partial charge in [-0.3, -0.25) is 9.78 Å². The van der Waals surface area contributed by atoms with E-state index >= 15 is 0 Å². The van der Waals surface area contributed by atoms with Crippen molar-refractivity contribution in [2.75, 3.05) is 6.54 Å². The van der Waals surface area contributed by atoms with Crippen molar-refractivity contribution in [2.45, 2.75) is 13.1 Å². The first-order valence-corrected chi connectivity index (χ1v) is 7.06. The molecular formula is C13H15N5S. The number of rotatable bonds is 6. The van der Waals surface area contributed by atoms with Gasteiger partial charge in [0.1, 0.15) is 0 Å². The maximum Gasteiger partial charge on any atom is 0.0794 e. The smallest absolute Gasteiger partial charge is 0.0794 e. The lowest BCUT2D eigenvalue weighted by molar-refractivity contribution is 0.555. The van der Waals surface area contributed by atoms with E-state index in [4.69, 9.17) is 0 Å². The summed E-state index contributed by atoms with van der Waals surface area (Å²) in [6.07, 6.45) is 5.65. The van der Waals surface area contributed by atoms with E-state index in [1.165, 1.54) is 10.4 Å². The van der Waals surface area contributed by atoms with Crippen molar-refractivity contribution in [1.29, 1.82) is 0 Å². The molecule has 0 spiro atoms. The Morgan fingerprint density at radius 2 is 2.37 bits per heavy atom. The van der Waals surface area contributed by atoms with Crippen molar-refractivity contribution in [2.24, 2.45) is 0 Å². The van der Waals surface area contributed by atoms with Gasteiger partial charge in [0.05, 0.1) is 23.3 Å². The van der Waals surface area contributed by atoms with Crippen LogP contribution in [0.5, 0.6) is 0 Å². The van der Waals surface area contributed by atoms with E-state index in [0.29, 0.717) is 0 Å². The predicted octanol–water partition coefficient (Wildman–Crippen LogP) is 2.12. The Morgan fingerprint density at radius 1 is 1.37 bits per heavy atom. The van der Waals surface area contributed by atoms with Gasteiger partial charge >= 0.3 is 0 Å². The van der Waals surface area contributed by atoms with Crippen LogP contribution in [0.2, 0.25) is 0 Å². The molecule has 3 rings (SSSR count). The van der Waals surface area contributed by atoms with Crippen LogP contribution in [-0.4, -0.2) is 26.5 Å². The van der Waals surface area contributed by atoms with Crippen molar-refractivity contribution in [1.82, 2.24) is 25.3 Å². The minimum atomic E-state index is 0.811. The van der Waals surface area contributed by atoms with Gasteiger partial charge in [-0.25, -0.2) is 0 Å². The van der Waals surface area contributed by atoms with Crippen LogP contribution in [0.4, 0.5) is 0 Å². The quantitative estimate of drug-likeness (QED) is 0.676. The Bertz CT molecular complexity index is 597. The Morgan fingerprint density at radius 3 is 3.16 bits per heavy atom. The Kier molecular flexibility index (Phi) is 3.71. The molecular weight excluding hydrogens is 258 g/mol. The minimum absolute atomic E-state index is 0.811. The number of nitrogens with zero attached hydrogens (tertiary/aromatic N) is 3. The maximum atomic E-state index is 4.17. The monoisotopic (exact) mass is 273 g/mol. The summed E-state index contributed by atoms with van der Waals surface area (Å²) in [5.74, 6) is 0. The second-order valence-electron chi connectivity index (χ2n) is 4.19. The highest BCUT2D eigenvalue weighted by Gasteiger charge is 2.07. The molecule has 98 valence electrons. The van der Waals surface area contributed by atoms with Crippen LogP contribution in [-0.2, 0) is 13.1 Å². The average molecular weight is 273 g/mol. The zero-order valence-electron chi connectivity index (χ0n) is 10.4. The second kappa shape index (κ2) is 5.81. The third-order valence-electron chi connectivity index (χ3n) is 2.88. The standard InChI is InChI=1S/C13H15N5S/c1-3-12(19-8-1)13-11(10-15-17-13)9-14-5-7-18-6-2-4-16-18/h1-4,6,8,10,14H,5,7,9H2,(H,15,17). The molecule has 0 fully saturated rings. The predicted molar refractivity (Wildman–Crippen MR) is 75.8 cm³/mol. The molecule has 0 aliphatic heterocycles. The Balaban J connectivity index is 1.55. The molecule has 19 heavy (non-hydrogen) atoms. The fourth-order valence-corrected chi connectivity index (χ4v) is 2.68. The molecule has 5 nitrogen and oxygen atoms in total. The summed E-state index contributed by atoms with van der Waals surface area (Å²) in [7, 11) is 0. The fraction of sp³-hybridized carbons (Fsp3) is 0.231. The maximum absolute atomic E-state index is 4.17. The summed E-state index contributed by atoms with van der Waals surface area (Å²) in [5.41, 5.74) is 2.31. The van der Waals surface area contributed by atoms with Crippen molar-refractivity contribution in [3.05, 3.63) is 47.7 Å². The second-order valence-corrected chi connectivity index (χ2v) is 5.14. The number of aromatic nitrogens is 4. The average Bonchev–Trinajstić information content (AvgIpc) is 3.15. The van der Waals surface area contributed by atoms with E-state index in [9.17, 15) is 0 Å². The molecule has 0 aromatic carbocycles. The fourth-order valence-electron chi connectivity index (χ4n) is 1.93. The molecule has 0 saturated heterocycles. The molecule has 0 aliphatic rings. The molecule has 0 amide bonds. The zero-order chi connectivity index (χ0) is 12.9. The molecule has 0 atom stereocenters. The van der Waals surface area contributed by atoms with E-state index in [2.05, 4.69) is 38.1 Å². The molecule has 0 bridgehead atoms. The van der Waals surface area contributed by atoms with E-state index in [0.717, 1.165) is 25.3 Å². The molecule has 0 aliphatic carbocycles. The first kappa shape index (κ1) is 12.1. The highest BCUT2D eigenvalue weighted by Crippen LogP contribution is 2.25. The van der Waals surface area contributed by atoms with Gasteiger partial charge in [-0.05, 0) is 17.5 Å². The van der Waals surface area contributed by atoms with Gasteiger partial charge in [0, 0.05) is 31.0 Å². The number of hydrogen-bond donors (Lipinski definition) is 2. The summed E-state index contributed by atoms with van der Waals surface area (Å²) in [4.78, 5) is 1.22. The SMILES string of the molecule is c1csc(-c2[nH]ncc2CNCCn2cccn2)c1. The van der Waals surface area contributed by atoms with Crippen LogP contribution in [0.25, 0.3) is 10.6 Å². The molecule has 3 aromatic rings. The molecule has 3 heterocycles. The van der Waals surface area contributed by atoms with Crippen LogP contribution in [0, 0.1) is 0 Å². The minimum Gasteiger partial charge on any atom is -0.311 e. The number of nitrogens with one attached hydrogen (secondary N) is 2. The third-order valence-corrected chi connectivity index (χ3v) is 3.77. The molecule has 2 N–H and O–H groups in total. The number of thiophene rings is 1. The summed E-state index contributed by atoms with van der Waals surface area (Å²) in [6, 6.07) is 6.09. The van der Waals surface area contributed by atoms with E-state index in [1.807, 2.05) is 23.1 Å². The van der Waals surface area contributed by atoms with Gasteiger partial charge in [-0.1, -0.05) is 6.07 Å². The summed E-state index contributed by atoms with van der Waals surface area (Å²) in [6.45, 7) is 2.57. The highest BCUT2D eigenvalue weighted by molar-refractivity contribution is 7.13. The van der Waals surface area contributed by atoms with Crippen molar-refractivity contribution >= 4 is 11.3 Å². The molecule has 0 unspecified atom stereocenters. The number of H-pyrrole nitrogens is 1. The number of aromatic amines is 1. The first-order chi connectivity index (χ1) is 9.43. The first-order valence-electron chi connectivity index (χ1n) is 6.18. The lowest BCUT2D eigenvalue weighted by Gasteiger charge is -2.05. The zero-order valence-corrected chi connectivity index (χ0v) is 11.2. The lowest BCUT2D eigenvalue weighted by Crippen LogP contribution is -2.19.